The molecule has 4 heterocycles. The molecule has 4 rings (SSSR count). The number of hydrogen-bond acceptors (Lipinski definition) is 6. The minimum Gasteiger partial charge on any atom is -0.618 e. The quantitative estimate of drug-likeness (QED) is 0.383. The first-order chi connectivity index (χ1) is 12.7. The predicted octanol–water partition coefficient (Wildman–Crippen LogP) is 3.44. The molecule has 0 saturated heterocycles. The molecule has 0 saturated carbocycles. The number of carbonyl (C=O) groups is 1. The normalized spacial score (nSPS) is 16.7. The largest absolute Gasteiger partial charge is 0.618 e. The molecule has 1 unspecified atom stereocenters. The Hall–Kier alpha value is -2.58. The molecule has 0 fully saturated rings. The van der Waals surface area contributed by atoms with Gasteiger partial charge in [-0.15, -0.1) is 11.3 Å². The van der Waals surface area contributed by atoms with E-state index >= 15 is 0 Å². The molecule has 1 aliphatic heterocycles. The lowest BCUT2D eigenvalue weighted by atomic mass is 10.1. The highest BCUT2D eigenvalue weighted by Crippen LogP contribution is 2.35. The summed E-state index contributed by atoms with van der Waals surface area (Å²) in [6, 6.07) is 12.6. The van der Waals surface area contributed by atoms with Gasteiger partial charge in [0.2, 0.25) is 0 Å². The number of carbonyl (C=O) groups excluding carboxylic acids is 1. The van der Waals surface area contributed by atoms with Crippen LogP contribution in [-0.4, -0.2) is 22.4 Å². The lowest BCUT2D eigenvalue weighted by molar-refractivity contribution is -0.645. The third-order valence-electron chi connectivity index (χ3n) is 3.98. The van der Waals surface area contributed by atoms with Crippen molar-refractivity contribution in [2.24, 2.45) is 5.10 Å². The van der Waals surface area contributed by atoms with E-state index < -0.39 is 0 Å². The number of furan rings is 1. The van der Waals surface area contributed by atoms with Gasteiger partial charge in [-0.25, -0.2) is 5.01 Å². The van der Waals surface area contributed by atoms with Gasteiger partial charge in [-0.3, -0.25) is 4.79 Å². The first kappa shape index (κ1) is 16.9. The molecule has 3 aromatic rings. The lowest BCUT2D eigenvalue weighted by Crippen LogP contribution is -2.31. The van der Waals surface area contributed by atoms with Crippen molar-refractivity contribution in [1.29, 1.82) is 0 Å². The minimum atomic E-state index is -0.140. The topological polar surface area (TPSA) is 72.8 Å². The Morgan fingerprint density at radius 1 is 1.35 bits per heavy atom. The molecule has 0 N–H and O–H groups in total. The maximum absolute atomic E-state index is 12.8. The Morgan fingerprint density at radius 3 is 3.00 bits per heavy atom. The summed E-state index contributed by atoms with van der Waals surface area (Å²) < 4.78 is 6.20. The van der Waals surface area contributed by atoms with Gasteiger partial charge in [0.25, 0.3) is 10.9 Å². The monoisotopic (exact) mass is 385 g/mol. The first-order valence-corrected chi connectivity index (χ1v) is 9.87. The van der Waals surface area contributed by atoms with Gasteiger partial charge in [0, 0.05) is 23.4 Å². The average molecular weight is 385 g/mol. The van der Waals surface area contributed by atoms with E-state index in [4.69, 9.17) is 4.42 Å². The summed E-state index contributed by atoms with van der Waals surface area (Å²) in [6.45, 7) is 0. The molecule has 8 heteroatoms. The molecule has 0 bridgehead atoms. The summed E-state index contributed by atoms with van der Waals surface area (Å²) in [5, 5.41) is 20.3. The zero-order valence-corrected chi connectivity index (χ0v) is 15.3. The number of amides is 1. The highest BCUT2D eigenvalue weighted by atomic mass is 32.2. The van der Waals surface area contributed by atoms with E-state index in [9.17, 15) is 10.0 Å². The van der Waals surface area contributed by atoms with Gasteiger partial charge in [0.15, 0.2) is 6.20 Å². The summed E-state index contributed by atoms with van der Waals surface area (Å²) in [5.74, 6) is 0.678. The second-order valence-electron chi connectivity index (χ2n) is 5.65. The van der Waals surface area contributed by atoms with Gasteiger partial charge in [0.1, 0.15) is 11.5 Å². The number of hydrazone groups is 1. The summed E-state index contributed by atoms with van der Waals surface area (Å²) in [4.78, 5) is 13.9. The summed E-state index contributed by atoms with van der Waals surface area (Å²) in [5.41, 5.74) is 0.755. The van der Waals surface area contributed by atoms with Crippen molar-refractivity contribution >= 4 is 34.7 Å². The van der Waals surface area contributed by atoms with Crippen molar-refractivity contribution in [3.8, 4) is 0 Å². The van der Waals surface area contributed by atoms with Gasteiger partial charge >= 0.3 is 0 Å². The van der Waals surface area contributed by atoms with E-state index in [1.807, 2.05) is 23.6 Å². The van der Waals surface area contributed by atoms with Gasteiger partial charge in [0.05, 0.1) is 18.1 Å². The number of thioether (sulfide) groups is 1. The molecule has 3 aromatic heterocycles. The van der Waals surface area contributed by atoms with E-state index in [-0.39, 0.29) is 17.7 Å². The van der Waals surface area contributed by atoms with Crippen molar-refractivity contribution in [2.45, 2.75) is 17.5 Å². The van der Waals surface area contributed by atoms with Crippen LogP contribution in [0.25, 0.3) is 0 Å². The molecule has 26 heavy (non-hydrogen) atoms. The third kappa shape index (κ3) is 3.38. The van der Waals surface area contributed by atoms with Crippen LogP contribution in [0, 0.1) is 5.21 Å². The Bertz CT molecular complexity index is 923. The van der Waals surface area contributed by atoms with Crippen LogP contribution in [0.2, 0.25) is 0 Å². The number of aromatic nitrogens is 1. The van der Waals surface area contributed by atoms with Crippen molar-refractivity contribution < 1.29 is 13.9 Å². The number of pyridine rings is 1. The van der Waals surface area contributed by atoms with Crippen LogP contribution in [0.1, 0.15) is 23.1 Å². The van der Waals surface area contributed by atoms with Crippen LogP contribution in [0.5, 0.6) is 0 Å². The maximum Gasteiger partial charge on any atom is 0.253 e. The van der Waals surface area contributed by atoms with Crippen LogP contribution in [-0.2, 0) is 4.79 Å². The van der Waals surface area contributed by atoms with Crippen molar-refractivity contribution in [1.82, 2.24) is 5.01 Å². The molecule has 0 aliphatic carbocycles. The SMILES string of the molecule is O=C(CSc1cccc[n+]1[O-])N1N=C(c2ccco2)CC1c1cccs1. The molecular formula is C18H15N3O3S2. The maximum atomic E-state index is 12.8. The second kappa shape index (κ2) is 7.35. The van der Waals surface area contributed by atoms with Crippen LogP contribution in [0.4, 0.5) is 0 Å². The standard InChI is InChI=1S/C18H15N3O3S2/c22-17(12-26-18-7-1-2-8-20(18)23)21-14(16-6-4-10-25-16)11-13(19-21)15-5-3-9-24-15/h1-10,14H,11-12H2. The van der Waals surface area contributed by atoms with E-state index in [2.05, 4.69) is 5.10 Å². The number of rotatable bonds is 5. The first-order valence-electron chi connectivity index (χ1n) is 8.00. The molecule has 132 valence electrons. The highest BCUT2D eigenvalue weighted by Gasteiger charge is 2.34. The van der Waals surface area contributed by atoms with Crippen LogP contribution in [0.15, 0.2) is 74.8 Å². The van der Waals surface area contributed by atoms with Crippen molar-refractivity contribution in [2.75, 3.05) is 5.75 Å². The molecule has 0 aromatic carbocycles. The number of thiophene rings is 1. The van der Waals surface area contributed by atoms with E-state index in [1.165, 1.54) is 23.0 Å². The van der Waals surface area contributed by atoms with E-state index in [0.29, 0.717) is 17.2 Å². The summed E-state index contributed by atoms with van der Waals surface area (Å²) >= 11 is 2.81. The molecule has 6 nitrogen and oxygen atoms in total. The summed E-state index contributed by atoms with van der Waals surface area (Å²) in [6.07, 6.45) is 3.63. The van der Waals surface area contributed by atoms with E-state index in [1.54, 1.807) is 41.9 Å². The van der Waals surface area contributed by atoms with Gasteiger partial charge in [-0.1, -0.05) is 6.07 Å². The average Bonchev–Trinajstić information content (AvgIpc) is 3.41. The molecular weight excluding hydrogens is 370 g/mol. The zero-order chi connectivity index (χ0) is 17.9. The number of nitrogens with zero attached hydrogens (tertiary/aromatic N) is 3. The van der Waals surface area contributed by atoms with Crippen LogP contribution in [0.3, 0.4) is 0 Å². The third-order valence-corrected chi connectivity index (χ3v) is 5.95. The molecule has 1 atom stereocenters. The second-order valence-corrected chi connectivity index (χ2v) is 7.63. The lowest BCUT2D eigenvalue weighted by Gasteiger charge is -2.20. The van der Waals surface area contributed by atoms with Crippen LogP contribution >= 0.6 is 23.1 Å². The fraction of sp³-hybridized carbons (Fsp3) is 0.167. The zero-order valence-electron chi connectivity index (χ0n) is 13.6. The highest BCUT2D eigenvalue weighted by molar-refractivity contribution is 7.99. The van der Waals surface area contributed by atoms with Gasteiger partial charge in [-0.2, -0.15) is 9.83 Å². The Kier molecular flexibility index (Phi) is 4.77. The molecule has 1 amide bonds. The fourth-order valence-electron chi connectivity index (χ4n) is 2.76. The van der Waals surface area contributed by atoms with Gasteiger partial charge < -0.3 is 9.62 Å². The van der Waals surface area contributed by atoms with Crippen molar-refractivity contribution in [3.05, 3.63) is 76.1 Å². The van der Waals surface area contributed by atoms with E-state index in [0.717, 1.165) is 15.3 Å². The summed E-state index contributed by atoms with van der Waals surface area (Å²) in [7, 11) is 0. The fourth-order valence-corrected chi connectivity index (χ4v) is 4.34. The Morgan fingerprint density at radius 2 is 2.27 bits per heavy atom. The van der Waals surface area contributed by atoms with Crippen LogP contribution < -0.4 is 4.73 Å². The predicted molar refractivity (Wildman–Crippen MR) is 99.9 cm³/mol. The molecule has 0 radical (unpaired) electrons. The van der Waals surface area contributed by atoms with Crippen molar-refractivity contribution in [3.63, 3.8) is 0 Å². The molecule has 0 spiro atoms. The smallest absolute Gasteiger partial charge is 0.253 e. The molecule has 1 aliphatic rings. The minimum absolute atomic E-state index is 0.140. The Labute approximate surface area is 158 Å². The number of hydrogen-bond donors (Lipinski definition) is 0. The Balaban J connectivity index is 1.54. The van der Waals surface area contributed by atoms with Gasteiger partial charge in [-0.05, 0) is 41.4 Å².